The van der Waals surface area contributed by atoms with Gasteiger partial charge in [-0.1, -0.05) is 0 Å². The molecular weight excluding hydrogens is 232 g/mol. The van der Waals surface area contributed by atoms with Gasteiger partial charge in [0.25, 0.3) is 0 Å². The van der Waals surface area contributed by atoms with Crippen LogP contribution in [0.15, 0.2) is 24.4 Å². The van der Waals surface area contributed by atoms with Crippen LogP contribution in [0.5, 0.6) is 5.75 Å². The van der Waals surface area contributed by atoms with E-state index in [0.29, 0.717) is 4.77 Å². The van der Waals surface area contributed by atoms with Gasteiger partial charge in [0.2, 0.25) is 0 Å². The summed E-state index contributed by atoms with van der Waals surface area (Å²) >= 11 is 5.03. The number of hydrogen-bond donors (Lipinski definition) is 1. The predicted octanol–water partition coefficient (Wildman–Crippen LogP) is 3.43. The van der Waals surface area contributed by atoms with Crippen LogP contribution in [0.2, 0.25) is 0 Å². The summed E-state index contributed by atoms with van der Waals surface area (Å²) in [6.07, 6.45) is 1.72. The van der Waals surface area contributed by atoms with Crippen molar-refractivity contribution in [3.63, 3.8) is 0 Å². The molecule has 1 N–H and O–H groups in total. The number of nitrogens with one attached hydrogen (secondary N) is 1. The third-order valence-electron chi connectivity index (χ3n) is 2.71. The minimum Gasteiger partial charge on any atom is -0.496 e. The molecule has 0 unspecified atom stereocenters. The van der Waals surface area contributed by atoms with Gasteiger partial charge in [0.05, 0.1) is 7.11 Å². The Bertz CT molecular complexity index is 605. The molecule has 2 rings (SSSR count). The fourth-order valence-corrected chi connectivity index (χ4v) is 2.00. The number of methoxy groups -OCH3 is 1. The smallest absolute Gasteiger partial charge is 0.197 e. The Morgan fingerprint density at radius 2 is 2.00 bits per heavy atom. The highest BCUT2D eigenvalue weighted by Gasteiger charge is 2.07. The average molecular weight is 246 g/mol. The van der Waals surface area contributed by atoms with Gasteiger partial charge in [-0.3, -0.25) is 0 Å². The maximum Gasteiger partial charge on any atom is 0.197 e. The number of ether oxygens (including phenoxy) is 1. The summed E-state index contributed by atoms with van der Waals surface area (Å²) < 4.78 is 5.79. The van der Waals surface area contributed by atoms with E-state index >= 15 is 0 Å². The van der Waals surface area contributed by atoms with Crippen LogP contribution in [0, 0.1) is 18.6 Å². The van der Waals surface area contributed by atoms with Gasteiger partial charge in [0, 0.05) is 17.5 Å². The van der Waals surface area contributed by atoms with Crippen molar-refractivity contribution < 1.29 is 4.74 Å². The average Bonchev–Trinajstić information content (AvgIpc) is 2.31. The number of H-pyrrole nitrogens is 1. The Hall–Kier alpha value is -1.68. The zero-order valence-corrected chi connectivity index (χ0v) is 10.9. The van der Waals surface area contributed by atoms with Crippen LogP contribution in [0.25, 0.3) is 11.3 Å². The van der Waals surface area contributed by atoms with Crippen molar-refractivity contribution in [3.8, 4) is 17.0 Å². The van der Waals surface area contributed by atoms with Gasteiger partial charge in [-0.15, -0.1) is 0 Å². The van der Waals surface area contributed by atoms with E-state index < -0.39 is 0 Å². The SMILES string of the molecule is COc1cc(C)c(-c2ccnc(=S)[nH]2)cc1C. The molecule has 0 aliphatic rings. The van der Waals surface area contributed by atoms with E-state index in [4.69, 9.17) is 17.0 Å². The number of aromatic nitrogens is 2. The molecule has 0 aliphatic heterocycles. The van der Waals surface area contributed by atoms with Crippen LogP contribution in [-0.4, -0.2) is 17.1 Å². The van der Waals surface area contributed by atoms with Crippen LogP contribution in [0.3, 0.4) is 0 Å². The Balaban J connectivity index is 2.60. The van der Waals surface area contributed by atoms with Gasteiger partial charge in [-0.2, -0.15) is 0 Å². The lowest BCUT2D eigenvalue weighted by atomic mass is 10.0. The molecule has 1 aromatic carbocycles. The van der Waals surface area contributed by atoms with Crippen LogP contribution >= 0.6 is 12.2 Å². The maximum absolute atomic E-state index is 5.30. The first-order valence-corrected chi connectivity index (χ1v) is 5.73. The zero-order valence-electron chi connectivity index (χ0n) is 10.1. The van der Waals surface area contributed by atoms with Gasteiger partial charge in [0.15, 0.2) is 4.77 Å². The summed E-state index contributed by atoms with van der Waals surface area (Å²) in [6, 6.07) is 6.04. The van der Waals surface area contributed by atoms with Crippen molar-refractivity contribution in [2.45, 2.75) is 13.8 Å². The first-order valence-electron chi connectivity index (χ1n) is 5.33. The summed E-state index contributed by atoms with van der Waals surface area (Å²) in [7, 11) is 1.68. The van der Waals surface area contributed by atoms with E-state index in [2.05, 4.69) is 23.0 Å². The number of nitrogens with zero attached hydrogens (tertiary/aromatic N) is 1. The largest absolute Gasteiger partial charge is 0.496 e. The fourth-order valence-electron chi connectivity index (χ4n) is 1.83. The lowest BCUT2D eigenvalue weighted by Gasteiger charge is -2.11. The molecular formula is C13H14N2OS. The second-order valence-electron chi connectivity index (χ2n) is 3.93. The first-order chi connectivity index (χ1) is 8.11. The molecule has 2 aromatic rings. The van der Waals surface area contributed by atoms with E-state index in [0.717, 1.165) is 28.1 Å². The van der Waals surface area contributed by atoms with Crippen molar-refractivity contribution in [2.24, 2.45) is 0 Å². The molecule has 1 heterocycles. The molecule has 0 radical (unpaired) electrons. The molecule has 0 saturated heterocycles. The molecule has 0 atom stereocenters. The highest BCUT2D eigenvalue weighted by atomic mass is 32.1. The van der Waals surface area contributed by atoms with Crippen LogP contribution in [0.1, 0.15) is 11.1 Å². The van der Waals surface area contributed by atoms with Crippen molar-refractivity contribution in [2.75, 3.05) is 7.11 Å². The van der Waals surface area contributed by atoms with E-state index in [-0.39, 0.29) is 0 Å². The zero-order chi connectivity index (χ0) is 12.4. The maximum atomic E-state index is 5.30. The number of hydrogen-bond acceptors (Lipinski definition) is 3. The lowest BCUT2D eigenvalue weighted by Crippen LogP contribution is -1.93. The molecule has 0 saturated carbocycles. The monoisotopic (exact) mass is 246 g/mol. The second kappa shape index (κ2) is 4.67. The van der Waals surface area contributed by atoms with E-state index in [1.165, 1.54) is 0 Å². The Kier molecular flexibility index (Phi) is 3.24. The predicted molar refractivity (Wildman–Crippen MR) is 70.9 cm³/mol. The minimum atomic E-state index is 0.496. The molecule has 88 valence electrons. The molecule has 0 bridgehead atoms. The van der Waals surface area contributed by atoms with Crippen molar-refractivity contribution in [1.82, 2.24) is 9.97 Å². The van der Waals surface area contributed by atoms with Gasteiger partial charge in [-0.05, 0) is 55.4 Å². The fraction of sp³-hybridized carbons (Fsp3) is 0.231. The molecule has 3 nitrogen and oxygen atoms in total. The first kappa shape index (κ1) is 11.8. The third kappa shape index (κ3) is 2.36. The molecule has 4 heteroatoms. The number of rotatable bonds is 2. The normalized spacial score (nSPS) is 10.3. The lowest BCUT2D eigenvalue weighted by molar-refractivity contribution is 0.411. The highest BCUT2D eigenvalue weighted by Crippen LogP contribution is 2.28. The van der Waals surface area contributed by atoms with Crippen molar-refractivity contribution in [3.05, 3.63) is 40.3 Å². The van der Waals surface area contributed by atoms with Crippen molar-refractivity contribution >= 4 is 12.2 Å². The standard InChI is InChI=1S/C13H14N2OS/c1-8-7-12(16-3)9(2)6-10(8)11-4-5-14-13(17)15-11/h4-7H,1-3H3,(H,14,15,17). The summed E-state index contributed by atoms with van der Waals surface area (Å²) in [5.41, 5.74) is 4.35. The quantitative estimate of drug-likeness (QED) is 0.825. The third-order valence-corrected chi connectivity index (χ3v) is 2.91. The van der Waals surface area contributed by atoms with Gasteiger partial charge < -0.3 is 9.72 Å². The number of aromatic amines is 1. The molecule has 0 aliphatic carbocycles. The molecule has 1 aromatic heterocycles. The summed E-state index contributed by atoms with van der Waals surface area (Å²) in [5, 5.41) is 0. The molecule has 0 spiro atoms. The van der Waals surface area contributed by atoms with Crippen LogP contribution in [-0.2, 0) is 0 Å². The van der Waals surface area contributed by atoms with Crippen LogP contribution in [0.4, 0.5) is 0 Å². The number of benzene rings is 1. The van der Waals surface area contributed by atoms with Crippen molar-refractivity contribution in [1.29, 1.82) is 0 Å². The van der Waals surface area contributed by atoms with E-state index in [1.54, 1.807) is 13.3 Å². The second-order valence-corrected chi connectivity index (χ2v) is 4.31. The van der Waals surface area contributed by atoms with Gasteiger partial charge in [0.1, 0.15) is 5.75 Å². The molecule has 0 fully saturated rings. The highest BCUT2D eigenvalue weighted by molar-refractivity contribution is 7.71. The Labute approximate surface area is 105 Å². The topological polar surface area (TPSA) is 37.9 Å². The Morgan fingerprint density at radius 1 is 1.24 bits per heavy atom. The molecule has 0 amide bonds. The van der Waals surface area contributed by atoms with E-state index in [1.807, 2.05) is 19.1 Å². The van der Waals surface area contributed by atoms with Crippen LogP contribution < -0.4 is 4.74 Å². The minimum absolute atomic E-state index is 0.496. The van der Waals surface area contributed by atoms with E-state index in [9.17, 15) is 0 Å². The van der Waals surface area contributed by atoms with Gasteiger partial charge >= 0.3 is 0 Å². The summed E-state index contributed by atoms with van der Waals surface area (Å²) in [6.45, 7) is 4.08. The Morgan fingerprint density at radius 3 is 2.65 bits per heavy atom. The summed E-state index contributed by atoms with van der Waals surface area (Å²) in [5.74, 6) is 0.902. The van der Waals surface area contributed by atoms with Gasteiger partial charge in [-0.25, -0.2) is 4.98 Å². The number of aryl methyl sites for hydroxylation is 2. The summed E-state index contributed by atoms with van der Waals surface area (Å²) in [4.78, 5) is 7.08. The molecule has 17 heavy (non-hydrogen) atoms.